The summed E-state index contributed by atoms with van der Waals surface area (Å²) in [5.41, 5.74) is 1.06. The molecule has 1 heterocycles. The first kappa shape index (κ1) is 17.4. The van der Waals surface area contributed by atoms with Gasteiger partial charge in [-0.1, -0.05) is 44.2 Å². The number of aromatic nitrogens is 3. The van der Waals surface area contributed by atoms with Crippen LogP contribution in [0.5, 0.6) is 0 Å². The lowest BCUT2D eigenvalue weighted by Gasteiger charge is -2.20. The van der Waals surface area contributed by atoms with Crippen molar-refractivity contribution in [2.45, 2.75) is 49.8 Å². The lowest BCUT2D eigenvalue weighted by Crippen LogP contribution is -2.09. The molecule has 1 aromatic carbocycles. The van der Waals surface area contributed by atoms with E-state index in [1.807, 2.05) is 6.21 Å². The van der Waals surface area contributed by atoms with E-state index in [9.17, 15) is 0 Å². The van der Waals surface area contributed by atoms with Gasteiger partial charge in [0.1, 0.15) is 0 Å². The summed E-state index contributed by atoms with van der Waals surface area (Å²) in [6.45, 7) is 0. The van der Waals surface area contributed by atoms with E-state index < -0.39 is 0 Å². The smallest absolute Gasteiger partial charge is 0.216 e. The molecule has 4 nitrogen and oxygen atoms in total. The van der Waals surface area contributed by atoms with E-state index in [1.54, 1.807) is 16.4 Å². The fourth-order valence-electron chi connectivity index (χ4n) is 3.23. The molecular weight excluding hydrogens is 336 g/mol. The highest BCUT2D eigenvalue weighted by molar-refractivity contribution is 7.98. The lowest BCUT2D eigenvalue weighted by atomic mass is 9.86. The third kappa shape index (κ3) is 4.57. The zero-order valence-corrected chi connectivity index (χ0v) is 15.7. The Balaban J connectivity index is 1.67. The van der Waals surface area contributed by atoms with Gasteiger partial charge in [-0.3, -0.25) is 5.10 Å². The normalized spacial score (nSPS) is 16.0. The topological polar surface area (TPSA) is 46.0 Å². The minimum Gasteiger partial charge on any atom is -0.250 e. The molecule has 0 bridgehead atoms. The van der Waals surface area contributed by atoms with Crippen LogP contribution in [0.25, 0.3) is 0 Å². The number of nitrogens with zero attached hydrogens (tertiary/aromatic N) is 3. The summed E-state index contributed by atoms with van der Waals surface area (Å²) in [7, 11) is 0. The number of aromatic amines is 1. The number of hydrogen-bond donors (Lipinski definition) is 1. The number of hydrogen-bond acceptors (Lipinski definition) is 4. The number of thioether (sulfide) groups is 1. The van der Waals surface area contributed by atoms with E-state index in [4.69, 9.17) is 12.2 Å². The molecule has 1 saturated carbocycles. The van der Waals surface area contributed by atoms with E-state index in [0.29, 0.717) is 4.77 Å². The van der Waals surface area contributed by atoms with Crippen LogP contribution in [0.4, 0.5) is 0 Å². The van der Waals surface area contributed by atoms with Gasteiger partial charge < -0.3 is 0 Å². The first-order chi connectivity index (χ1) is 11.8. The Hall–Kier alpha value is -1.40. The molecular formula is C18H24N4S2. The maximum atomic E-state index is 5.33. The second-order valence-electron chi connectivity index (χ2n) is 6.32. The second kappa shape index (κ2) is 8.62. The highest BCUT2D eigenvalue weighted by Gasteiger charge is 2.15. The van der Waals surface area contributed by atoms with Crippen molar-refractivity contribution < 1.29 is 0 Å². The van der Waals surface area contributed by atoms with Crippen LogP contribution >= 0.6 is 24.0 Å². The molecule has 1 aliphatic carbocycles. The number of aryl methyl sites for hydroxylation is 1. The molecule has 0 unspecified atom stereocenters. The van der Waals surface area contributed by atoms with Gasteiger partial charge >= 0.3 is 0 Å². The Bertz CT molecular complexity index is 724. The van der Waals surface area contributed by atoms with E-state index in [-0.39, 0.29) is 0 Å². The van der Waals surface area contributed by atoms with E-state index >= 15 is 0 Å². The minimum atomic E-state index is 0.561. The predicted octanol–water partition coefficient (Wildman–Crippen LogP) is 5.06. The van der Waals surface area contributed by atoms with Gasteiger partial charge in [0, 0.05) is 11.3 Å². The molecule has 1 fully saturated rings. The highest BCUT2D eigenvalue weighted by atomic mass is 32.2. The van der Waals surface area contributed by atoms with E-state index in [2.05, 4.69) is 45.8 Å². The monoisotopic (exact) mass is 360 g/mol. The molecule has 0 saturated heterocycles. The van der Waals surface area contributed by atoms with Crippen molar-refractivity contribution >= 4 is 30.2 Å². The molecule has 0 spiro atoms. The van der Waals surface area contributed by atoms with Crippen LogP contribution in [0.1, 0.15) is 49.9 Å². The molecule has 1 N–H and O–H groups in total. The molecule has 24 heavy (non-hydrogen) atoms. The quantitative estimate of drug-likeness (QED) is 0.445. The molecule has 1 aliphatic rings. The summed E-state index contributed by atoms with van der Waals surface area (Å²) in [6.07, 6.45) is 12.9. The summed E-state index contributed by atoms with van der Waals surface area (Å²) in [4.78, 5) is 1.25. The van der Waals surface area contributed by atoms with Gasteiger partial charge in [-0.05, 0) is 48.5 Å². The molecule has 128 valence electrons. The first-order valence-corrected chi connectivity index (χ1v) is 10.2. The highest BCUT2D eigenvalue weighted by Crippen LogP contribution is 2.27. The Morgan fingerprint density at radius 2 is 2.04 bits per heavy atom. The average molecular weight is 361 g/mol. The largest absolute Gasteiger partial charge is 0.250 e. The maximum absolute atomic E-state index is 5.33. The van der Waals surface area contributed by atoms with Crippen LogP contribution < -0.4 is 0 Å². The van der Waals surface area contributed by atoms with Crippen molar-refractivity contribution in [2.75, 3.05) is 6.26 Å². The number of benzene rings is 1. The summed E-state index contributed by atoms with van der Waals surface area (Å²) < 4.78 is 2.33. The van der Waals surface area contributed by atoms with Gasteiger partial charge in [-0.2, -0.15) is 14.9 Å². The van der Waals surface area contributed by atoms with Crippen molar-refractivity contribution in [3.05, 3.63) is 40.4 Å². The molecule has 0 aliphatic heterocycles. The first-order valence-electron chi connectivity index (χ1n) is 8.61. The molecule has 0 radical (unpaired) electrons. The summed E-state index contributed by atoms with van der Waals surface area (Å²) in [6, 6.07) is 8.34. The van der Waals surface area contributed by atoms with Gasteiger partial charge in [0.05, 0.1) is 6.21 Å². The molecule has 3 rings (SSSR count). The van der Waals surface area contributed by atoms with Crippen LogP contribution in [0.15, 0.2) is 34.3 Å². The molecule has 0 atom stereocenters. The predicted molar refractivity (Wildman–Crippen MR) is 104 cm³/mol. The second-order valence-corrected chi connectivity index (χ2v) is 7.58. The maximum Gasteiger partial charge on any atom is 0.216 e. The zero-order chi connectivity index (χ0) is 16.8. The van der Waals surface area contributed by atoms with Crippen molar-refractivity contribution in [2.24, 2.45) is 11.0 Å². The van der Waals surface area contributed by atoms with E-state index in [0.717, 1.165) is 23.7 Å². The van der Waals surface area contributed by atoms with Gasteiger partial charge in [0.25, 0.3) is 0 Å². The zero-order valence-electron chi connectivity index (χ0n) is 14.1. The van der Waals surface area contributed by atoms with Gasteiger partial charge in [-0.25, -0.2) is 0 Å². The third-order valence-electron chi connectivity index (χ3n) is 4.66. The molecule has 1 aromatic heterocycles. The van der Waals surface area contributed by atoms with Gasteiger partial charge in [0.2, 0.25) is 4.77 Å². The fraction of sp³-hybridized carbons (Fsp3) is 0.500. The van der Waals surface area contributed by atoms with Gasteiger partial charge in [-0.15, -0.1) is 11.8 Å². The Morgan fingerprint density at radius 3 is 2.75 bits per heavy atom. The van der Waals surface area contributed by atoms with E-state index in [1.165, 1.54) is 43.4 Å². The molecule has 6 heteroatoms. The van der Waals surface area contributed by atoms with Crippen molar-refractivity contribution in [1.29, 1.82) is 0 Å². The van der Waals surface area contributed by atoms with Crippen LogP contribution in [-0.4, -0.2) is 27.3 Å². The summed E-state index contributed by atoms with van der Waals surface area (Å²) in [5, 5.41) is 11.8. The average Bonchev–Trinajstić information content (AvgIpc) is 2.99. The minimum absolute atomic E-state index is 0.561. The molecule has 0 amide bonds. The number of rotatable bonds is 6. The lowest BCUT2D eigenvalue weighted by molar-refractivity contribution is 0.336. The SMILES string of the molecule is CSc1ccc(/C=N\n2c(CCC3CCCCC3)n[nH]c2=S)cc1. The third-order valence-corrected chi connectivity index (χ3v) is 5.66. The Labute approximate surface area is 152 Å². The Kier molecular flexibility index (Phi) is 6.26. The van der Waals surface area contributed by atoms with Crippen molar-refractivity contribution in [3.63, 3.8) is 0 Å². The number of H-pyrrole nitrogens is 1. The van der Waals surface area contributed by atoms with Crippen LogP contribution in [0.3, 0.4) is 0 Å². The summed E-state index contributed by atoms with van der Waals surface area (Å²) >= 11 is 7.06. The Morgan fingerprint density at radius 1 is 1.29 bits per heavy atom. The summed E-state index contributed by atoms with van der Waals surface area (Å²) in [5.74, 6) is 1.77. The van der Waals surface area contributed by atoms with Crippen molar-refractivity contribution in [3.8, 4) is 0 Å². The number of nitrogens with one attached hydrogen (secondary N) is 1. The standard InChI is InChI=1S/C18H24N4S2/c1-24-16-10-7-15(8-11-16)13-19-22-17(20-21-18(22)23)12-9-14-5-3-2-4-6-14/h7-8,10-11,13-14H,2-6,9,12H2,1H3,(H,21,23)/b19-13-. The van der Waals surface area contributed by atoms with Crippen molar-refractivity contribution in [1.82, 2.24) is 14.9 Å². The van der Waals surface area contributed by atoms with Crippen LogP contribution in [0.2, 0.25) is 0 Å². The molecule has 2 aromatic rings. The van der Waals surface area contributed by atoms with Crippen LogP contribution in [0, 0.1) is 10.7 Å². The van der Waals surface area contributed by atoms with Gasteiger partial charge in [0.15, 0.2) is 5.82 Å². The fourth-order valence-corrected chi connectivity index (χ4v) is 3.83. The van der Waals surface area contributed by atoms with Crippen LogP contribution in [-0.2, 0) is 6.42 Å².